The molecule has 0 amide bonds. The van der Waals surface area contributed by atoms with Crippen molar-refractivity contribution in [3.63, 3.8) is 0 Å². The summed E-state index contributed by atoms with van der Waals surface area (Å²) in [4.78, 5) is 7.74. The number of fused-ring (bicyclic) bond motifs is 2. The lowest BCUT2D eigenvalue weighted by molar-refractivity contribution is 0.285. The minimum Gasteiger partial charge on any atom is -0.497 e. The predicted octanol–water partition coefficient (Wildman–Crippen LogP) is 6.38. The largest absolute Gasteiger partial charge is 0.497 e. The van der Waals surface area contributed by atoms with Gasteiger partial charge in [0.05, 0.1) is 30.8 Å². The van der Waals surface area contributed by atoms with Gasteiger partial charge in [0.1, 0.15) is 24.3 Å². The Hall–Kier alpha value is -4.76. The molecule has 0 unspecified atom stereocenters. The van der Waals surface area contributed by atoms with Crippen molar-refractivity contribution in [2.45, 2.75) is 6.61 Å². The van der Waals surface area contributed by atoms with Crippen LogP contribution in [0.25, 0.3) is 33.5 Å². The molecule has 0 bridgehead atoms. The molecule has 6 nitrogen and oxygen atoms in total. The Morgan fingerprint density at radius 2 is 1.80 bits per heavy atom. The lowest BCUT2D eigenvalue weighted by Crippen LogP contribution is -1.99. The van der Waals surface area contributed by atoms with Crippen molar-refractivity contribution >= 4 is 33.5 Å². The molecule has 0 atom stereocenters. The maximum atomic E-state index is 9.79. The van der Waals surface area contributed by atoms with Gasteiger partial charge in [0.15, 0.2) is 11.5 Å². The summed E-state index contributed by atoms with van der Waals surface area (Å²) in [5.74, 6) is 2.43. The van der Waals surface area contributed by atoms with Crippen LogP contribution >= 0.6 is 0 Å². The first kappa shape index (κ1) is 22.1. The van der Waals surface area contributed by atoms with E-state index in [1.54, 1.807) is 20.3 Å². The molecule has 0 aliphatic heterocycles. The summed E-state index contributed by atoms with van der Waals surface area (Å²) in [6.45, 7) is 0.415. The molecule has 0 fully saturated rings. The third kappa shape index (κ3) is 4.53. The number of aromatic nitrogens is 2. The van der Waals surface area contributed by atoms with Crippen LogP contribution in [0, 0.1) is 11.3 Å². The van der Waals surface area contributed by atoms with Gasteiger partial charge in [-0.3, -0.25) is 0 Å². The van der Waals surface area contributed by atoms with E-state index in [-0.39, 0.29) is 0 Å². The molecule has 4 aromatic carbocycles. The average molecular weight is 462 g/mol. The van der Waals surface area contributed by atoms with Crippen LogP contribution in [0.1, 0.15) is 17.0 Å². The van der Waals surface area contributed by atoms with Gasteiger partial charge in [0.2, 0.25) is 0 Å². The van der Waals surface area contributed by atoms with Crippen molar-refractivity contribution in [1.29, 1.82) is 5.26 Å². The third-order valence-electron chi connectivity index (χ3n) is 5.83. The van der Waals surface area contributed by atoms with Crippen molar-refractivity contribution in [1.82, 2.24) is 9.97 Å². The maximum absolute atomic E-state index is 9.79. The summed E-state index contributed by atoms with van der Waals surface area (Å²) in [5, 5.41) is 12.1. The van der Waals surface area contributed by atoms with Crippen molar-refractivity contribution in [3.05, 3.63) is 95.8 Å². The average Bonchev–Trinajstić information content (AvgIpc) is 3.33. The minimum atomic E-state index is 0.409. The molecule has 1 N–H and O–H groups in total. The van der Waals surface area contributed by atoms with Gasteiger partial charge in [-0.05, 0) is 52.2 Å². The van der Waals surface area contributed by atoms with Gasteiger partial charge in [0.25, 0.3) is 0 Å². The smallest absolute Gasteiger partial charge is 0.161 e. The second kappa shape index (κ2) is 9.62. The lowest BCUT2D eigenvalue weighted by atomic mass is 10.1. The van der Waals surface area contributed by atoms with E-state index in [2.05, 4.69) is 40.3 Å². The van der Waals surface area contributed by atoms with Crippen LogP contribution in [-0.4, -0.2) is 24.2 Å². The second-order valence-electron chi connectivity index (χ2n) is 7.98. The molecule has 172 valence electrons. The zero-order valence-electron chi connectivity index (χ0n) is 19.4. The predicted molar refractivity (Wildman–Crippen MR) is 137 cm³/mol. The number of H-pyrrole nitrogens is 1. The van der Waals surface area contributed by atoms with Crippen LogP contribution in [0.3, 0.4) is 0 Å². The highest BCUT2D eigenvalue weighted by Gasteiger charge is 2.11. The van der Waals surface area contributed by atoms with Gasteiger partial charge < -0.3 is 19.2 Å². The van der Waals surface area contributed by atoms with Gasteiger partial charge in [0, 0.05) is 6.07 Å². The highest BCUT2D eigenvalue weighted by atomic mass is 16.5. The monoisotopic (exact) mass is 461 g/mol. The van der Waals surface area contributed by atoms with E-state index in [0.29, 0.717) is 29.5 Å². The van der Waals surface area contributed by atoms with E-state index in [9.17, 15) is 5.26 Å². The van der Waals surface area contributed by atoms with Crippen molar-refractivity contribution in [2.75, 3.05) is 14.2 Å². The molecule has 0 aliphatic rings. The number of methoxy groups -OCH3 is 2. The first-order valence-corrected chi connectivity index (χ1v) is 11.1. The molecule has 5 rings (SSSR count). The number of ether oxygens (including phenoxy) is 3. The van der Waals surface area contributed by atoms with E-state index in [0.717, 1.165) is 33.3 Å². The second-order valence-corrected chi connectivity index (χ2v) is 7.98. The van der Waals surface area contributed by atoms with E-state index in [1.807, 2.05) is 54.6 Å². The Bertz CT molecular complexity index is 1590. The molecular formula is C29H23N3O3. The van der Waals surface area contributed by atoms with Crippen LogP contribution in [0.2, 0.25) is 0 Å². The van der Waals surface area contributed by atoms with Crippen LogP contribution in [0.4, 0.5) is 0 Å². The van der Waals surface area contributed by atoms with E-state index >= 15 is 0 Å². The highest BCUT2D eigenvalue weighted by molar-refractivity contribution is 5.91. The summed E-state index contributed by atoms with van der Waals surface area (Å²) in [6, 6.07) is 27.8. The number of nitrogens with one attached hydrogen (secondary N) is 1. The van der Waals surface area contributed by atoms with Crippen molar-refractivity contribution in [3.8, 4) is 23.3 Å². The Labute approximate surface area is 203 Å². The fourth-order valence-corrected chi connectivity index (χ4v) is 4.03. The van der Waals surface area contributed by atoms with Gasteiger partial charge >= 0.3 is 0 Å². The standard InChI is InChI=1S/C29H23N3O3/c1-33-23-11-12-25-26(16-23)32-29(31-25)22(17-30)14-19-10-13-27(28(15-19)34-2)35-18-21-8-5-7-20-6-3-4-9-24(20)21/h3-16H,18H2,1-2H3,(H,31,32)/b22-14-. The molecule has 0 saturated heterocycles. The summed E-state index contributed by atoms with van der Waals surface area (Å²) in [5.41, 5.74) is 3.87. The normalized spacial score (nSPS) is 11.4. The summed E-state index contributed by atoms with van der Waals surface area (Å²) < 4.78 is 17.0. The fraction of sp³-hybridized carbons (Fsp3) is 0.103. The minimum absolute atomic E-state index is 0.409. The molecule has 0 aliphatic carbocycles. The molecule has 35 heavy (non-hydrogen) atoms. The van der Waals surface area contributed by atoms with Crippen LogP contribution < -0.4 is 14.2 Å². The number of allylic oxidation sites excluding steroid dienone is 1. The molecule has 0 radical (unpaired) electrons. The number of aromatic amines is 1. The van der Waals surface area contributed by atoms with Gasteiger partial charge in [-0.1, -0.05) is 48.5 Å². The van der Waals surface area contributed by atoms with Crippen LogP contribution in [-0.2, 0) is 6.61 Å². The maximum Gasteiger partial charge on any atom is 0.161 e. The number of hydrogen-bond acceptors (Lipinski definition) is 5. The molecule has 0 saturated carbocycles. The molecule has 0 spiro atoms. The Morgan fingerprint density at radius 3 is 2.63 bits per heavy atom. The topological polar surface area (TPSA) is 80.2 Å². The number of imidazole rings is 1. The Morgan fingerprint density at radius 1 is 0.943 bits per heavy atom. The van der Waals surface area contributed by atoms with E-state index < -0.39 is 0 Å². The number of benzene rings is 4. The number of rotatable bonds is 7. The summed E-state index contributed by atoms with van der Waals surface area (Å²) in [6.07, 6.45) is 1.77. The fourth-order valence-electron chi connectivity index (χ4n) is 4.03. The molecular weight excluding hydrogens is 438 g/mol. The third-order valence-corrected chi connectivity index (χ3v) is 5.83. The first-order valence-electron chi connectivity index (χ1n) is 11.1. The summed E-state index contributed by atoms with van der Waals surface area (Å²) >= 11 is 0. The highest BCUT2D eigenvalue weighted by Crippen LogP contribution is 2.31. The lowest BCUT2D eigenvalue weighted by Gasteiger charge is -2.13. The molecule has 6 heteroatoms. The zero-order valence-corrected chi connectivity index (χ0v) is 19.4. The van der Waals surface area contributed by atoms with Gasteiger partial charge in [-0.25, -0.2) is 4.98 Å². The zero-order chi connectivity index (χ0) is 24.2. The van der Waals surface area contributed by atoms with Crippen LogP contribution in [0.15, 0.2) is 78.9 Å². The molecule has 5 aromatic rings. The van der Waals surface area contributed by atoms with E-state index in [4.69, 9.17) is 14.2 Å². The van der Waals surface area contributed by atoms with Crippen molar-refractivity contribution < 1.29 is 14.2 Å². The van der Waals surface area contributed by atoms with E-state index in [1.165, 1.54) is 5.39 Å². The number of nitriles is 1. The first-order chi connectivity index (χ1) is 17.2. The van der Waals surface area contributed by atoms with Gasteiger partial charge in [-0.2, -0.15) is 5.26 Å². The number of hydrogen-bond donors (Lipinski definition) is 1. The summed E-state index contributed by atoms with van der Waals surface area (Å²) in [7, 11) is 3.22. The van der Waals surface area contributed by atoms with Crippen LogP contribution in [0.5, 0.6) is 17.2 Å². The molecule has 1 aromatic heterocycles. The SMILES string of the molecule is COc1ccc2nc(/C(C#N)=C\c3ccc(OCc4cccc5ccccc45)c(OC)c3)[nH]c2c1. The Balaban J connectivity index is 1.40. The Kier molecular flexibility index (Phi) is 6.06. The van der Waals surface area contributed by atoms with Gasteiger partial charge in [-0.15, -0.1) is 0 Å². The molecule has 1 heterocycles. The quantitative estimate of drug-likeness (QED) is 0.285. The number of nitrogens with zero attached hydrogens (tertiary/aromatic N) is 2. The van der Waals surface area contributed by atoms with Crippen molar-refractivity contribution in [2.24, 2.45) is 0 Å².